The lowest BCUT2D eigenvalue weighted by molar-refractivity contribution is -0.151. The molecule has 1 aromatic carbocycles. The molecule has 0 bridgehead atoms. The molecule has 1 saturated carbocycles. The zero-order valence-corrected chi connectivity index (χ0v) is 26.9. The number of nitrogens with two attached hydrogens (primary N) is 1. The summed E-state index contributed by atoms with van der Waals surface area (Å²) in [6.07, 6.45) is 2.74. The van der Waals surface area contributed by atoms with Gasteiger partial charge in [-0.15, -0.1) is 11.3 Å². The lowest BCUT2D eigenvalue weighted by atomic mass is 9.58. The number of primary amides is 1. The Kier molecular flexibility index (Phi) is 9.03. The topological polar surface area (TPSA) is 138 Å². The highest BCUT2D eigenvalue weighted by atomic mass is 32.1. The molecule has 3 heterocycles. The first-order chi connectivity index (χ1) is 20.3. The van der Waals surface area contributed by atoms with Crippen LogP contribution in [0.2, 0.25) is 0 Å². The lowest BCUT2D eigenvalue weighted by Gasteiger charge is -2.48. The predicted octanol–water partition coefficient (Wildman–Crippen LogP) is 3.80. The molecule has 1 aliphatic carbocycles. The van der Waals surface area contributed by atoms with Gasteiger partial charge in [0.1, 0.15) is 6.04 Å². The number of aromatic nitrogens is 1. The summed E-state index contributed by atoms with van der Waals surface area (Å²) in [5.41, 5.74) is 10.2. The Morgan fingerprint density at radius 3 is 2.42 bits per heavy atom. The average Bonchev–Trinajstić information content (AvgIpc) is 3.66. The van der Waals surface area contributed by atoms with Crippen molar-refractivity contribution in [3.05, 3.63) is 41.0 Å². The first-order valence-corrected chi connectivity index (χ1v) is 16.5. The third-order valence-corrected chi connectivity index (χ3v) is 11.2. The monoisotopic (exact) mass is 609 g/mol. The van der Waals surface area contributed by atoms with E-state index in [1.807, 2.05) is 64.4 Å². The van der Waals surface area contributed by atoms with Crippen LogP contribution >= 0.6 is 11.3 Å². The van der Waals surface area contributed by atoms with Gasteiger partial charge in [-0.2, -0.15) is 0 Å². The summed E-state index contributed by atoms with van der Waals surface area (Å²) in [5.74, 6) is -1.88. The van der Waals surface area contributed by atoms with Gasteiger partial charge in [0.15, 0.2) is 0 Å². The van der Waals surface area contributed by atoms with Gasteiger partial charge in [0, 0.05) is 24.8 Å². The highest BCUT2D eigenvalue weighted by molar-refractivity contribution is 7.13. The highest BCUT2D eigenvalue weighted by Gasteiger charge is 2.59. The summed E-state index contributed by atoms with van der Waals surface area (Å²) in [6, 6.07) is 7.01. The molecule has 2 saturated heterocycles. The Balaban J connectivity index is 1.37. The van der Waals surface area contributed by atoms with Crippen molar-refractivity contribution >= 4 is 29.1 Å². The molecule has 43 heavy (non-hydrogen) atoms. The molecule has 3 amide bonds. The highest BCUT2D eigenvalue weighted by Crippen LogP contribution is 2.58. The third-order valence-electron chi connectivity index (χ3n) is 10.3. The number of nitrogens with one attached hydrogen (secondary N) is 2. The number of aliphatic hydroxyl groups excluding tert-OH is 1. The minimum Gasteiger partial charge on any atom is -0.391 e. The first kappa shape index (κ1) is 31.6. The van der Waals surface area contributed by atoms with E-state index < -0.39 is 23.5 Å². The molecule has 3 aliphatic rings. The molecular formula is C33H47N5O4S. The fraction of sp³-hybridized carbons (Fsp3) is 0.636. The van der Waals surface area contributed by atoms with Gasteiger partial charge in [-0.05, 0) is 80.5 Å². The zero-order chi connectivity index (χ0) is 31.1. The average molecular weight is 610 g/mol. The van der Waals surface area contributed by atoms with Gasteiger partial charge in [0.05, 0.1) is 28.2 Å². The predicted molar refractivity (Wildman–Crippen MR) is 168 cm³/mol. The minimum absolute atomic E-state index is 0.100. The molecule has 10 heteroatoms. The number of thiazole rings is 1. The maximum Gasteiger partial charge on any atom is 0.243 e. The van der Waals surface area contributed by atoms with Crippen LogP contribution in [0.4, 0.5) is 0 Å². The third kappa shape index (κ3) is 6.24. The Bertz CT molecular complexity index is 1330. The Hall–Kier alpha value is -2.82. The normalized spacial score (nSPS) is 26.8. The van der Waals surface area contributed by atoms with Gasteiger partial charge in [-0.25, -0.2) is 4.98 Å². The Labute approximate surface area is 259 Å². The molecular weight excluding hydrogens is 562 g/mol. The summed E-state index contributed by atoms with van der Waals surface area (Å²) >= 11 is 1.60. The number of amides is 3. The molecule has 234 valence electrons. The number of nitrogens with zero attached hydrogens (tertiary/aromatic N) is 2. The summed E-state index contributed by atoms with van der Waals surface area (Å²) < 4.78 is 0. The van der Waals surface area contributed by atoms with Crippen LogP contribution in [0.1, 0.15) is 77.1 Å². The van der Waals surface area contributed by atoms with Crippen LogP contribution in [-0.4, -0.2) is 64.5 Å². The minimum atomic E-state index is -0.791. The zero-order valence-electron chi connectivity index (χ0n) is 26.1. The van der Waals surface area contributed by atoms with E-state index in [2.05, 4.69) is 15.6 Å². The maximum atomic E-state index is 14.6. The van der Waals surface area contributed by atoms with E-state index in [1.165, 1.54) is 0 Å². The molecule has 2 unspecified atom stereocenters. The van der Waals surface area contributed by atoms with Crippen LogP contribution in [0.25, 0.3) is 10.4 Å². The number of hydrogen-bond acceptors (Lipinski definition) is 7. The Morgan fingerprint density at radius 2 is 1.84 bits per heavy atom. The van der Waals surface area contributed by atoms with Crippen LogP contribution in [0.3, 0.4) is 0 Å². The number of benzene rings is 1. The molecule has 0 radical (unpaired) electrons. The van der Waals surface area contributed by atoms with Crippen LogP contribution in [0.5, 0.6) is 0 Å². The molecule has 9 nitrogen and oxygen atoms in total. The van der Waals surface area contributed by atoms with Gasteiger partial charge in [0.2, 0.25) is 17.7 Å². The van der Waals surface area contributed by atoms with Crippen molar-refractivity contribution in [2.45, 2.75) is 84.9 Å². The van der Waals surface area contributed by atoms with Crippen molar-refractivity contribution in [3.8, 4) is 10.4 Å². The number of carbonyl (C=O) groups is 3. The maximum absolute atomic E-state index is 14.6. The van der Waals surface area contributed by atoms with Gasteiger partial charge >= 0.3 is 0 Å². The summed E-state index contributed by atoms with van der Waals surface area (Å²) in [6.45, 7) is 11.8. The van der Waals surface area contributed by atoms with Crippen molar-refractivity contribution in [1.29, 1.82) is 0 Å². The number of piperidine rings is 1. The second-order valence-corrected chi connectivity index (χ2v) is 14.9. The van der Waals surface area contributed by atoms with Crippen molar-refractivity contribution in [2.75, 3.05) is 19.6 Å². The number of aryl methyl sites for hydroxylation is 1. The number of likely N-dealkylation sites (tertiary alicyclic amines) is 1. The largest absolute Gasteiger partial charge is 0.391 e. The molecule has 5 rings (SSSR count). The first-order valence-electron chi connectivity index (χ1n) is 15.6. The molecule has 5 N–H and O–H groups in total. The Morgan fingerprint density at radius 1 is 1.16 bits per heavy atom. The van der Waals surface area contributed by atoms with Crippen LogP contribution in [0.15, 0.2) is 29.8 Å². The fourth-order valence-corrected chi connectivity index (χ4v) is 8.88. The van der Waals surface area contributed by atoms with E-state index in [0.29, 0.717) is 6.42 Å². The van der Waals surface area contributed by atoms with Crippen molar-refractivity contribution in [2.24, 2.45) is 34.3 Å². The summed E-state index contributed by atoms with van der Waals surface area (Å²) in [7, 11) is 0. The van der Waals surface area contributed by atoms with Crippen LogP contribution in [-0.2, 0) is 14.4 Å². The second-order valence-electron chi connectivity index (χ2n) is 14.0. The quantitative estimate of drug-likeness (QED) is 0.377. The van der Waals surface area contributed by atoms with Gasteiger partial charge in [0.25, 0.3) is 0 Å². The van der Waals surface area contributed by atoms with Gasteiger partial charge in [-0.1, -0.05) is 45.0 Å². The summed E-state index contributed by atoms with van der Waals surface area (Å²) in [4.78, 5) is 48.2. The van der Waals surface area contributed by atoms with Crippen molar-refractivity contribution < 1.29 is 19.5 Å². The van der Waals surface area contributed by atoms with Crippen molar-refractivity contribution in [1.82, 2.24) is 20.5 Å². The van der Waals surface area contributed by atoms with Gasteiger partial charge < -0.3 is 26.4 Å². The van der Waals surface area contributed by atoms with E-state index in [4.69, 9.17) is 5.73 Å². The van der Waals surface area contributed by atoms with E-state index >= 15 is 0 Å². The van der Waals surface area contributed by atoms with Crippen LogP contribution < -0.4 is 16.4 Å². The van der Waals surface area contributed by atoms with E-state index in [-0.39, 0.29) is 54.0 Å². The lowest BCUT2D eigenvalue weighted by Crippen LogP contribution is -2.55. The number of rotatable bonds is 7. The molecule has 1 spiro atoms. The smallest absolute Gasteiger partial charge is 0.243 e. The number of aliphatic hydroxyl groups is 1. The molecule has 2 aliphatic heterocycles. The molecule has 1 aromatic heterocycles. The second kappa shape index (κ2) is 12.3. The molecule has 2 aromatic rings. The summed E-state index contributed by atoms with van der Waals surface area (Å²) in [5, 5.41) is 17.3. The number of hydrogen-bond donors (Lipinski definition) is 4. The number of carbonyl (C=O) groups excluding carboxylic acids is 3. The fourth-order valence-electron chi connectivity index (χ4n) is 8.07. The van der Waals surface area contributed by atoms with E-state index in [9.17, 15) is 19.5 Å². The van der Waals surface area contributed by atoms with Crippen LogP contribution in [0, 0.1) is 35.5 Å². The SMILES string of the molecule is Cc1ncsc1-c1ccc([C@H](C)NC(=O)[C@@H]2C[C@@H](O)CN2C(=O)[C@@H](C2C(C(N)=O)CCC23CCNCC3)C(C)(C)C)cc1. The molecule has 6 atom stereocenters. The molecule has 3 fully saturated rings. The standard InChI is InChI=1S/C33H47N5O4S/c1-19(21-6-8-22(9-7-21)28-20(2)36-18-43-28)37-30(41)25-16-23(39)17-38(25)31(42)27(32(3,4)5)26-24(29(34)40)10-11-33(26)12-14-35-15-13-33/h6-9,18-19,23-27,35,39H,10-17H2,1-5H3,(H2,34,40)(H,37,41)/t19-,23+,24?,25-,26?,27+/m0/s1. The van der Waals surface area contributed by atoms with E-state index in [1.54, 1.807) is 16.2 Å². The van der Waals surface area contributed by atoms with Crippen molar-refractivity contribution in [3.63, 3.8) is 0 Å². The van der Waals surface area contributed by atoms with Gasteiger partial charge in [-0.3, -0.25) is 14.4 Å². The number of β-amino-alcohol motifs (C(OH)–C–C–N with tert-alkyl or cyclic N) is 1. The van der Waals surface area contributed by atoms with E-state index in [0.717, 1.165) is 54.0 Å².